The maximum atomic E-state index is 12.6. The largest absolute Gasteiger partial charge is 0.573 e. The highest BCUT2D eigenvalue weighted by Gasteiger charge is 2.34. The maximum Gasteiger partial charge on any atom is 0.573 e. The number of methoxy groups -OCH3 is 1. The second kappa shape index (κ2) is 5.68. The molecule has 0 radical (unpaired) electrons. The molecule has 1 heterocycles. The van der Waals surface area contributed by atoms with Crippen molar-refractivity contribution in [2.45, 2.75) is 18.1 Å². The molecular weight excluding hydrogens is 329 g/mol. The van der Waals surface area contributed by atoms with E-state index in [1.807, 2.05) is 0 Å². The van der Waals surface area contributed by atoms with Crippen LogP contribution in [0.25, 0.3) is 0 Å². The zero-order valence-corrected chi connectivity index (χ0v) is 10.5. The van der Waals surface area contributed by atoms with E-state index in [0.717, 1.165) is 13.2 Å². The Morgan fingerprint density at radius 2 is 2.00 bits per heavy atom. The average Bonchev–Trinajstić information content (AvgIpc) is 2.25. The second-order valence-corrected chi connectivity index (χ2v) is 3.57. The van der Waals surface area contributed by atoms with Gasteiger partial charge in [0.25, 0.3) is 6.43 Å². The summed E-state index contributed by atoms with van der Waals surface area (Å²) in [6.07, 6.45) is -8.08. The predicted octanol–water partition coefficient (Wildman–Crippen LogP) is 3.82. The molecule has 0 N–H and O–H groups in total. The van der Waals surface area contributed by atoms with Crippen LogP contribution in [0.4, 0.5) is 22.0 Å². The van der Waals surface area contributed by atoms with Gasteiger partial charge in [-0.3, -0.25) is 0 Å². The van der Waals surface area contributed by atoms with Crippen LogP contribution < -0.4 is 9.47 Å². The highest BCUT2D eigenvalue weighted by molar-refractivity contribution is 9.08. The minimum absolute atomic E-state index is 0.00489. The summed E-state index contributed by atoms with van der Waals surface area (Å²) >= 11 is 2.92. The SMILES string of the molecule is COc1c(OC(F)(F)F)cc(CBr)nc1C(F)F. The summed E-state index contributed by atoms with van der Waals surface area (Å²) in [4.78, 5) is 3.48. The predicted molar refractivity (Wildman–Crippen MR) is 55.1 cm³/mol. The van der Waals surface area contributed by atoms with Crippen LogP contribution >= 0.6 is 15.9 Å². The molecular formula is C9H7BrF5NO2. The van der Waals surface area contributed by atoms with Gasteiger partial charge >= 0.3 is 6.36 Å². The lowest BCUT2D eigenvalue weighted by molar-refractivity contribution is -0.275. The standard InChI is InChI=1S/C9H7BrF5NO2/c1-17-7-5(18-9(13,14)15)2-4(3-10)16-6(7)8(11)12/h2,8H,3H2,1H3. The third-order valence-corrected chi connectivity index (χ3v) is 2.37. The third kappa shape index (κ3) is 3.69. The van der Waals surface area contributed by atoms with Crippen molar-refractivity contribution in [3.8, 4) is 11.5 Å². The average molecular weight is 336 g/mol. The van der Waals surface area contributed by atoms with Gasteiger partial charge in [0, 0.05) is 11.4 Å². The Morgan fingerprint density at radius 3 is 2.39 bits per heavy atom. The van der Waals surface area contributed by atoms with E-state index in [1.165, 1.54) is 0 Å². The molecule has 0 aliphatic heterocycles. The Morgan fingerprint density at radius 1 is 1.39 bits per heavy atom. The quantitative estimate of drug-likeness (QED) is 0.619. The first-order valence-corrected chi connectivity index (χ1v) is 5.58. The molecule has 9 heteroatoms. The number of nitrogens with zero attached hydrogens (tertiary/aromatic N) is 1. The van der Waals surface area contributed by atoms with Crippen LogP contribution in [0.1, 0.15) is 17.8 Å². The van der Waals surface area contributed by atoms with Crippen LogP contribution in [0.3, 0.4) is 0 Å². The van der Waals surface area contributed by atoms with Gasteiger partial charge in [0.1, 0.15) is 0 Å². The fourth-order valence-corrected chi connectivity index (χ4v) is 1.49. The van der Waals surface area contributed by atoms with E-state index >= 15 is 0 Å². The minimum Gasteiger partial charge on any atom is -0.491 e. The third-order valence-electron chi connectivity index (χ3n) is 1.79. The Labute approximate surface area is 107 Å². The van der Waals surface area contributed by atoms with Crippen LogP contribution in [-0.2, 0) is 5.33 Å². The summed E-state index contributed by atoms with van der Waals surface area (Å²) in [7, 11) is 0.958. The molecule has 0 aliphatic rings. The molecule has 0 saturated heterocycles. The van der Waals surface area contributed by atoms with Gasteiger partial charge in [-0.15, -0.1) is 13.2 Å². The number of ether oxygens (including phenoxy) is 2. The van der Waals surface area contributed by atoms with E-state index < -0.39 is 30.0 Å². The van der Waals surface area contributed by atoms with Crippen molar-refractivity contribution in [3.05, 3.63) is 17.5 Å². The Balaban J connectivity index is 3.33. The van der Waals surface area contributed by atoms with E-state index in [-0.39, 0.29) is 11.0 Å². The van der Waals surface area contributed by atoms with Crippen molar-refractivity contribution < 1.29 is 31.4 Å². The van der Waals surface area contributed by atoms with E-state index in [9.17, 15) is 22.0 Å². The normalized spacial score (nSPS) is 11.8. The summed E-state index contributed by atoms with van der Waals surface area (Å²) in [5.74, 6) is -1.57. The first-order chi connectivity index (χ1) is 8.28. The number of aromatic nitrogens is 1. The van der Waals surface area contributed by atoms with Crippen LogP contribution in [0.15, 0.2) is 6.07 Å². The van der Waals surface area contributed by atoms with Crippen molar-refractivity contribution in [2.75, 3.05) is 7.11 Å². The lowest BCUT2D eigenvalue weighted by Gasteiger charge is -2.15. The van der Waals surface area contributed by atoms with Gasteiger partial charge in [-0.05, 0) is 0 Å². The zero-order valence-electron chi connectivity index (χ0n) is 8.89. The van der Waals surface area contributed by atoms with Gasteiger partial charge in [-0.1, -0.05) is 15.9 Å². The molecule has 0 fully saturated rings. The molecule has 0 aromatic carbocycles. The monoisotopic (exact) mass is 335 g/mol. The molecule has 1 rings (SSSR count). The van der Waals surface area contributed by atoms with E-state index in [1.54, 1.807) is 0 Å². The van der Waals surface area contributed by atoms with Gasteiger partial charge in [-0.2, -0.15) is 0 Å². The molecule has 1 aromatic heterocycles. The van der Waals surface area contributed by atoms with Crippen LogP contribution in [0.5, 0.6) is 11.5 Å². The number of halogens is 6. The number of rotatable bonds is 4. The lowest BCUT2D eigenvalue weighted by Crippen LogP contribution is -2.18. The fourth-order valence-electron chi connectivity index (χ4n) is 1.20. The molecule has 102 valence electrons. The van der Waals surface area contributed by atoms with Crippen molar-refractivity contribution in [3.63, 3.8) is 0 Å². The Kier molecular flexibility index (Phi) is 4.71. The highest BCUT2D eigenvalue weighted by atomic mass is 79.9. The summed E-state index contributed by atoms with van der Waals surface area (Å²) in [6, 6.07) is 0.882. The molecule has 0 aliphatic carbocycles. The molecule has 0 amide bonds. The first kappa shape index (κ1) is 14.9. The van der Waals surface area contributed by atoms with Gasteiger partial charge < -0.3 is 9.47 Å². The molecule has 0 atom stereocenters. The molecule has 0 unspecified atom stereocenters. The van der Waals surface area contributed by atoms with Gasteiger partial charge in [0.15, 0.2) is 17.2 Å². The number of pyridine rings is 1. The van der Waals surface area contributed by atoms with Gasteiger partial charge in [0.2, 0.25) is 0 Å². The second-order valence-electron chi connectivity index (χ2n) is 3.01. The maximum absolute atomic E-state index is 12.6. The number of hydrogen-bond donors (Lipinski definition) is 0. The Hall–Kier alpha value is -1.12. The molecule has 18 heavy (non-hydrogen) atoms. The lowest BCUT2D eigenvalue weighted by atomic mass is 10.2. The number of alkyl halides is 6. The summed E-state index contributed by atoms with van der Waals surface area (Å²) < 4.78 is 69.8. The van der Waals surface area contributed by atoms with Crippen LogP contribution in [0.2, 0.25) is 0 Å². The summed E-state index contributed by atoms with van der Waals surface area (Å²) in [5.41, 5.74) is -0.918. The van der Waals surface area contributed by atoms with Crippen molar-refractivity contribution in [1.29, 1.82) is 0 Å². The van der Waals surface area contributed by atoms with E-state index in [2.05, 4.69) is 30.4 Å². The van der Waals surface area contributed by atoms with Crippen molar-refractivity contribution in [2.24, 2.45) is 0 Å². The van der Waals surface area contributed by atoms with Crippen molar-refractivity contribution >= 4 is 15.9 Å². The molecule has 3 nitrogen and oxygen atoms in total. The first-order valence-electron chi connectivity index (χ1n) is 4.46. The van der Waals surface area contributed by atoms with E-state index in [0.29, 0.717) is 0 Å². The summed E-state index contributed by atoms with van der Waals surface area (Å²) in [6.45, 7) is 0. The fraction of sp³-hybridized carbons (Fsp3) is 0.444. The molecule has 0 saturated carbocycles. The highest BCUT2D eigenvalue weighted by Crippen LogP contribution is 2.39. The minimum atomic E-state index is -5.00. The topological polar surface area (TPSA) is 31.4 Å². The van der Waals surface area contributed by atoms with Gasteiger partial charge in [0.05, 0.1) is 12.8 Å². The number of hydrogen-bond acceptors (Lipinski definition) is 3. The van der Waals surface area contributed by atoms with E-state index in [4.69, 9.17) is 0 Å². The van der Waals surface area contributed by atoms with Crippen molar-refractivity contribution in [1.82, 2.24) is 4.98 Å². The Bertz CT molecular complexity index is 424. The smallest absolute Gasteiger partial charge is 0.491 e. The van der Waals surface area contributed by atoms with Gasteiger partial charge in [-0.25, -0.2) is 13.8 Å². The summed E-state index contributed by atoms with van der Waals surface area (Å²) in [5, 5.41) is 0.00489. The zero-order chi connectivity index (χ0) is 13.9. The molecule has 1 aromatic rings. The molecule has 0 spiro atoms. The van der Waals surface area contributed by atoms with Crippen LogP contribution in [-0.4, -0.2) is 18.5 Å². The molecule has 0 bridgehead atoms. The van der Waals surface area contributed by atoms with Crippen LogP contribution in [0, 0.1) is 0 Å².